The molecule has 0 aromatic carbocycles. The van der Waals surface area contributed by atoms with Crippen LogP contribution in [0.5, 0.6) is 0 Å². The highest BCUT2D eigenvalue weighted by Gasteiger charge is 2.36. The predicted octanol–water partition coefficient (Wildman–Crippen LogP) is 1.16. The highest BCUT2D eigenvalue weighted by atomic mass is 16.4. The first-order chi connectivity index (χ1) is 8.45. The lowest BCUT2D eigenvalue weighted by Crippen LogP contribution is -2.53. The summed E-state index contributed by atoms with van der Waals surface area (Å²) in [6.45, 7) is 5.20. The van der Waals surface area contributed by atoms with Crippen LogP contribution in [0.2, 0.25) is 0 Å². The summed E-state index contributed by atoms with van der Waals surface area (Å²) in [6.07, 6.45) is 3.42. The Morgan fingerprint density at radius 3 is 2.28 bits per heavy atom. The topological polar surface area (TPSA) is 92.2 Å². The number of aromatic nitrogens is 2. The Morgan fingerprint density at radius 2 is 1.89 bits per heavy atom. The Morgan fingerprint density at radius 1 is 1.28 bits per heavy atom. The Balaban J connectivity index is 2.91. The third kappa shape index (κ3) is 2.82. The molecule has 18 heavy (non-hydrogen) atoms. The van der Waals surface area contributed by atoms with Gasteiger partial charge in [0, 0.05) is 6.20 Å². The molecule has 98 valence electrons. The summed E-state index contributed by atoms with van der Waals surface area (Å²) in [7, 11) is 0. The Bertz CT molecular complexity index is 438. The molecular weight excluding hydrogens is 234 g/mol. The molecule has 6 heteroatoms. The van der Waals surface area contributed by atoms with Crippen LogP contribution in [-0.4, -0.2) is 32.5 Å². The first kappa shape index (κ1) is 14.1. The quantitative estimate of drug-likeness (QED) is 0.819. The molecule has 0 bridgehead atoms. The van der Waals surface area contributed by atoms with Gasteiger partial charge < -0.3 is 10.4 Å². The van der Waals surface area contributed by atoms with Crippen LogP contribution in [-0.2, 0) is 4.79 Å². The molecule has 0 aliphatic rings. The molecular formula is C12H17N3O3. The van der Waals surface area contributed by atoms with E-state index in [1.165, 1.54) is 12.4 Å². The van der Waals surface area contributed by atoms with Crippen LogP contribution in [0.1, 0.15) is 42.9 Å². The van der Waals surface area contributed by atoms with Crippen molar-refractivity contribution >= 4 is 11.9 Å². The van der Waals surface area contributed by atoms with E-state index in [-0.39, 0.29) is 5.69 Å². The van der Waals surface area contributed by atoms with Crippen molar-refractivity contribution in [1.82, 2.24) is 15.3 Å². The van der Waals surface area contributed by atoms with Crippen LogP contribution in [0.25, 0.3) is 0 Å². The smallest absolute Gasteiger partial charge is 0.329 e. The fraction of sp³-hybridized carbons (Fsp3) is 0.500. The molecule has 1 rings (SSSR count). The van der Waals surface area contributed by atoms with Crippen molar-refractivity contribution in [3.8, 4) is 0 Å². The maximum absolute atomic E-state index is 11.9. The molecule has 0 saturated carbocycles. The summed E-state index contributed by atoms with van der Waals surface area (Å²) >= 11 is 0. The number of nitrogens with one attached hydrogen (secondary N) is 1. The Hall–Kier alpha value is -1.98. The van der Waals surface area contributed by atoms with E-state index in [0.717, 1.165) is 0 Å². The number of amides is 1. The van der Waals surface area contributed by atoms with Crippen LogP contribution >= 0.6 is 0 Å². The van der Waals surface area contributed by atoms with E-state index in [0.29, 0.717) is 18.5 Å². The number of hydrogen-bond acceptors (Lipinski definition) is 4. The number of hydrogen-bond donors (Lipinski definition) is 2. The monoisotopic (exact) mass is 251 g/mol. The van der Waals surface area contributed by atoms with Crippen LogP contribution in [0.15, 0.2) is 12.4 Å². The van der Waals surface area contributed by atoms with Crippen molar-refractivity contribution < 1.29 is 14.7 Å². The molecule has 0 fully saturated rings. The third-order valence-electron chi connectivity index (χ3n) is 2.98. The van der Waals surface area contributed by atoms with Crippen molar-refractivity contribution in [3.05, 3.63) is 23.8 Å². The first-order valence-corrected chi connectivity index (χ1v) is 5.79. The molecule has 1 heterocycles. The predicted molar refractivity (Wildman–Crippen MR) is 65.2 cm³/mol. The molecule has 0 atom stereocenters. The molecule has 0 saturated heterocycles. The van der Waals surface area contributed by atoms with Gasteiger partial charge in [-0.1, -0.05) is 13.8 Å². The maximum Gasteiger partial charge on any atom is 0.329 e. The molecule has 0 radical (unpaired) electrons. The Kier molecular flexibility index (Phi) is 4.36. The van der Waals surface area contributed by atoms with Crippen molar-refractivity contribution in [2.24, 2.45) is 0 Å². The van der Waals surface area contributed by atoms with Gasteiger partial charge in [0.05, 0.1) is 11.9 Å². The molecule has 2 N–H and O–H groups in total. The van der Waals surface area contributed by atoms with Gasteiger partial charge in [-0.15, -0.1) is 0 Å². The first-order valence-electron chi connectivity index (χ1n) is 5.79. The van der Waals surface area contributed by atoms with E-state index in [9.17, 15) is 14.7 Å². The van der Waals surface area contributed by atoms with Crippen LogP contribution in [0, 0.1) is 6.92 Å². The number of carbonyl (C=O) groups excluding carboxylic acids is 1. The largest absolute Gasteiger partial charge is 0.480 e. The lowest BCUT2D eigenvalue weighted by molar-refractivity contribution is -0.144. The fourth-order valence-corrected chi connectivity index (χ4v) is 1.57. The highest BCUT2D eigenvalue weighted by molar-refractivity contribution is 5.96. The van der Waals surface area contributed by atoms with E-state index in [2.05, 4.69) is 15.3 Å². The van der Waals surface area contributed by atoms with Gasteiger partial charge in [0.2, 0.25) is 0 Å². The van der Waals surface area contributed by atoms with Crippen molar-refractivity contribution in [2.45, 2.75) is 39.2 Å². The zero-order valence-electron chi connectivity index (χ0n) is 10.7. The number of carboxylic acid groups (broad SMARTS) is 1. The number of aliphatic carboxylic acids is 1. The van der Waals surface area contributed by atoms with Crippen molar-refractivity contribution in [1.29, 1.82) is 0 Å². The second kappa shape index (κ2) is 5.57. The van der Waals surface area contributed by atoms with Gasteiger partial charge in [0.25, 0.3) is 5.91 Å². The second-order valence-electron chi connectivity index (χ2n) is 4.09. The van der Waals surface area contributed by atoms with Crippen LogP contribution in [0.3, 0.4) is 0 Å². The van der Waals surface area contributed by atoms with Gasteiger partial charge in [-0.05, 0) is 19.8 Å². The van der Waals surface area contributed by atoms with Crippen LogP contribution in [0.4, 0.5) is 0 Å². The van der Waals surface area contributed by atoms with Gasteiger partial charge in [0.15, 0.2) is 0 Å². The van der Waals surface area contributed by atoms with Crippen molar-refractivity contribution in [3.63, 3.8) is 0 Å². The average molecular weight is 251 g/mol. The van der Waals surface area contributed by atoms with Gasteiger partial charge in [-0.2, -0.15) is 0 Å². The summed E-state index contributed by atoms with van der Waals surface area (Å²) in [4.78, 5) is 31.0. The standard InChI is InChI=1S/C12H17N3O3/c1-4-12(5-2,11(17)18)15-10(16)9-7-13-8(3)6-14-9/h6-7H,4-5H2,1-3H3,(H,15,16)(H,17,18). The van der Waals surface area contributed by atoms with E-state index in [1.807, 2.05) is 0 Å². The molecule has 0 aliphatic heterocycles. The average Bonchev–Trinajstić information content (AvgIpc) is 2.36. The second-order valence-corrected chi connectivity index (χ2v) is 4.09. The minimum atomic E-state index is -1.25. The zero-order chi connectivity index (χ0) is 13.8. The van der Waals surface area contributed by atoms with Gasteiger partial charge in [0.1, 0.15) is 11.2 Å². The molecule has 0 unspecified atom stereocenters. The molecule has 0 spiro atoms. The summed E-state index contributed by atoms with van der Waals surface area (Å²) in [6, 6.07) is 0. The highest BCUT2D eigenvalue weighted by Crippen LogP contribution is 2.16. The number of carboxylic acids is 1. The number of aryl methyl sites for hydroxylation is 1. The third-order valence-corrected chi connectivity index (χ3v) is 2.98. The summed E-state index contributed by atoms with van der Waals surface area (Å²) in [5.41, 5.74) is -0.431. The zero-order valence-corrected chi connectivity index (χ0v) is 10.7. The molecule has 1 aromatic rings. The van der Waals surface area contributed by atoms with E-state index in [1.54, 1.807) is 20.8 Å². The fourth-order valence-electron chi connectivity index (χ4n) is 1.57. The number of carbonyl (C=O) groups is 2. The number of nitrogens with zero attached hydrogens (tertiary/aromatic N) is 2. The molecule has 0 aliphatic carbocycles. The lowest BCUT2D eigenvalue weighted by atomic mass is 9.93. The normalized spacial score (nSPS) is 11.1. The Labute approximate surface area is 105 Å². The van der Waals surface area contributed by atoms with E-state index in [4.69, 9.17) is 0 Å². The summed E-state index contributed by atoms with van der Waals surface area (Å²) in [5, 5.41) is 11.7. The molecule has 1 aromatic heterocycles. The minimum absolute atomic E-state index is 0.119. The molecule has 6 nitrogen and oxygen atoms in total. The SMILES string of the molecule is CCC(CC)(NC(=O)c1cnc(C)cn1)C(=O)O. The van der Waals surface area contributed by atoms with E-state index >= 15 is 0 Å². The van der Waals surface area contributed by atoms with Crippen LogP contribution < -0.4 is 5.32 Å². The summed E-state index contributed by atoms with van der Waals surface area (Å²) < 4.78 is 0. The minimum Gasteiger partial charge on any atom is -0.480 e. The summed E-state index contributed by atoms with van der Waals surface area (Å²) in [5.74, 6) is -1.56. The molecule has 1 amide bonds. The lowest BCUT2D eigenvalue weighted by Gasteiger charge is -2.27. The van der Waals surface area contributed by atoms with E-state index < -0.39 is 17.4 Å². The van der Waals surface area contributed by atoms with Gasteiger partial charge >= 0.3 is 5.97 Å². The van der Waals surface area contributed by atoms with Gasteiger partial charge in [-0.3, -0.25) is 9.78 Å². The van der Waals surface area contributed by atoms with Gasteiger partial charge in [-0.25, -0.2) is 9.78 Å². The number of rotatable bonds is 5. The maximum atomic E-state index is 11.9. The van der Waals surface area contributed by atoms with Crippen molar-refractivity contribution in [2.75, 3.05) is 0 Å².